The molecule has 0 aliphatic rings. The maximum absolute atomic E-state index is 13.0. The third kappa shape index (κ3) is 2.12. The number of halogens is 2. The van der Waals surface area contributed by atoms with Crippen LogP contribution in [0.3, 0.4) is 0 Å². The van der Waals surface area contributed by atoms with Gasteiger partial charge in [-0.25, -0.2) is 8.78 Å². The number of hydrogen-bond acceptors (Lipinski definition) is 2. The first-order chi connectivity index (χ1) is 6.54. The SMILES string of the molecule is CC(=O)Nc1cc(C=O)c(F)cc1F. The van der Waals surface area contributed by atoms with Gasteiger partial charge in [0.25, 0.3) is 0 Å². The summed E-state index contributed by atoms with van der Waals surface area (Å²) in [6, 6.07) is 1.49. The lowest BCUT2D eigenvalue weighted by Crippen LogP contribution is -2.08. The van der Waals surface area contributed by atoms with Crippen molar-refractivity contribution in [3.8, 4) is 0 Å². The van der Waals surface area contributed by atoms with Crippen molar-refractivity contribution >= 4 is 17.9 Å². The molecule has 74 valence electrons. The zero-order valence-electron chi connectivity index (χ0n) is 7.30. The molecule has 0 aromatic heterocycles. The van der Waals surface area contributed by atoms with Crippen molar-refractivity contribution in [1.82, 2.24) is 0 Å². The molecule has 3 nitrogen and oxygen atoms in total. The highest BCUT2D eigenvalue weighted by Gasteiger charge is 2.09. The third-order valence-corrected chi connectivity index (χ3v) is 1.52. The summed E-state index contributed by atoms with van der Waals surface area (Å²) in [7, 11) is 0. The van der Waals surface area contributed by atoms with Gasteiger partial charge in [-0.3, -0.25) is 9.59 Å². The maximum atomic E-state index is 13.0. The van der Waals surface area contributed by atoms with Gasteiger partial charge in [0, 0.05) is 13.0 Å². The van der Waals surface area contributed by atoms with E-state index in [0.717, 1.165) is 6.07 Å². The largest absolute Gasteiger partial charge is 0.324 e. The van der Waals surface area contributed by atoms with Crippen LogP contribution in [0.15, 0.2) is 12.1 Å². The van der Waals surface area contributed by atoms with E-state index < -0.39 is 17.5 Å². The molecular formula is C9H7F2NO2. The Morgan fingerprint density at radius 1 is 1.36 bits per heavy atom. The Morgan fingerprint density at radius 2 is 2.00 bits per heavy atom. The quantitative estimate of drug-likeness (QED) is 0.737. The van der Waals surface area contributed by atoms with Gasteiger partial charge in [-0.15, -0.1) is 0 Å². The number of anilines is 1. The summed E-state index contributed by atoms with van der Waals surface area (Å²) in [4.78, 5) is 20.9. The molecule has 1 aromatic carbocycles. The van der Waals surface area contributed by atoms with Crippen LogP contribution in [-0.4, -0.2) is 12.2 Å². The lowest BCUT2D eigenvalue weighted by molar-refractivity contribution is -0.114. The Labute approximate surface area is 78.7 Å². The number of carbonyl (C=O) groups excluding carboxylic acids is 2. The van der Waals surface area contributed by atoms with Crippen LogP contribution in [0.4, 0.5) is 14.5 Å². The minimum absolute atomic E-state index is 0.207. The Kier molecular flexibility index (Phi) is 2.91. The second-order valence-corrected chi connectivity index (χ2v) is 2.65. The highest BCUT2D eigenvalue weighted by atomic mass is 19.1. The molecule has 5 heteroatoms. The van der Waals surface area contributed by atoms with Gasteiger partial charge in [0.15, 0.2) is 6.29 Å². The van der Waals surface area contributed by atoms with Crippen LogP contribution in [0.2, 0.25) is 0 Å². The summed E-state index contributed by atoms with van der Waals surface area (Å²) in [6.07, 6.45) is 0.250. The van der Waals surface area contributed by atoms with E-state index in [4.69, 9.17) is 0 Å². The van der Waals surface area contributed by atoms with Gasteiger partial charge in [-0.05, 0) is 6.07 Å². The first kappa shape index (κ1) is 10.3. The van der Waals surface area contributed by atoms with E-state index >= 15 is 0 Å². The maximum Gasteiger partial charge on any atom is 0.221 e. The summed E-state index contributed by atoms with van der Waals surface area (Å²) in [5, 5.41) is 2.14. The van der Waals surface area contributed by atoms with Gasteiger partial charge in [-0.1, -0.05) is 0 Å². The Bertz CT molecular complexity index is 391. The number of hydrogen-bond donors (Lipinski definition) is 1. The zero-order valence-corrected chi connectivity index (χ0v) is 7.30. The van der Waals surface area contributed by atoms with Crippen molar-refractivity contribution in [3.05, 3.63) is 29.3 Å². The highest BCUT2D eigenvalue weighted by Crippen LogP contribution is 2.18. The van der Waals surface area contributed by atoms with Gasteiger partial charge < -0.3 is 5.32 Å². The first-order valence-electron chi connectivity index (χ1n) is 3.76. The van der Waals surface area contributed by atoms with Gasteiger partial charge in [0.05, 0.1) is 11.3 Å². The number of carbonyl (C=O) groups is 2. The standard InChI is InChI=1S/C9H7F2NO2/c1-5(14)12-9-2-6(4-13)7(10)3-8(9)11/h2-4H,1H3,(H,12,14). The Balaban J connectivity index is 3.16. The molecular weight excluding hydrogens is 192 g/mol. The number of nitrogens with one attached hydrogen (secondary N) is 1. The van der Waals surface area contributed by atoms with Gasteiger partial charge in [0.2, 0.25) is 5.91 Å². The molecule has 0 atom stereocenters. The second kappa shape index (κ2) is 3.95. The zero-order chi connectivity index (χ0) is 10.7. The molecule has 0 bridgehead atoms. The number of amides is 1. The summed E-state index contributed by atoms with van der Waals surface area (Å²) in [5.74, 6) is -2.36. The van der Waals surface area contributed by atoms with E-state index in [1.807, 2.05) is 0 Å². The fraction of sp³-hybridized carbons (Fsp3) is 0.111. The summed E-state index contributed by atoms with van der Waals surface area (Å²) in [5.41, 5.74) is -0.504. The van der Waals surface area contributed by atoms with Crippen LogP contribution in [0.25, 0.3) is 0 Å². The molecule has 0 aliphatic carbocycles. The van der Waals surface area contributed by atoms with Gasteiger partial charge in [0.1, 0.15) is 11.6 Å². The van der Waals surface area contributed by atoms with Crippen molar-refractivity contribution in [2.45, 2.75) is 6.92 Å². The molecule has 1 N–H and O–H groups in total. The van der Waals surface area contributed by atoms with E-state index in [0.29, 0.717) is 6.07 Å². The monoisotopic (exact) mass is 199 g/mol. The molecule has 0 spiro atoms. The highest BCUT2D eigenvalue weighted by molar-refractivity contribution is 5.90. The Hall–Kier alpha value is -1.78. The van der Waals surface area contributed by atoms with Crippen LogP contribution in [0, 0.1) is 11.6 Å². The molecule has 0 fully saturated rings. The number of aldehydes is 1. The van der Waals surface area contributed by atoms with Crippen molar-refractivity contribution < 1.29 is 18.4 Å². The minimum atomic E-state index is -0.952. The molecule has 0 aliphatic heterocycles. The smallest absolute Gasteiger partial charge is 0.221 e. The minimum Gasteiger partial charge on any atom is -0.324 e. The fourth-order valence-corrected chi connectivity index (χ4v) is 0.941. The van der Waals surface area contributed by atoms with Crippen LogP contribution in [0.1, 0.15) is 17.3 Å². The lowest BCUT2D eigenvalue weighted by Gasteiger charge is -2.04. The summed E-state index contributed by atoms with van der Waals surface area (Å²) < 4.78 is 25.7. The van der Waals surface area contributed by atoms with E-state index in [2.05, 4.69) is 5.32 Å². The topological polar surface area (TPSA) is 46.2 Å². The van der Waals surface area contributed by atoms with Crippen LogP contribution in [-0.2, 0) is 4.79 Å². The third-order valence-electron chi connectivity index (χ3n) is 1.52. The molecule has 1 aromatic rings. The van der Waals surface area contributed by atoms with Crippen LogP contribution in [0.5, 0.6) is 0 Å². The second-order valence-electron chi connectivity index (χ2n) is 2.65. The Morgan fingerprint density at radius 3 is 2.50 bits per heavy atom. The van der Waals surface area contributed by atoms with Crippen molar-refractivity contribution in [2.75, 3.05) is 5.32 Å². The molecule has 0 saturated carbocycles. The average Bonchev–Trinajstić information content (AvgIpc) is 2.09. The van der Waals surface area contributed by atoms with Crippen molar-refractivity contribution in [3.63, 3.8) is 0 Å². The molecule has 0 unspecified atom stereocenters. The van der Waals surface area contributed by atoms with Crippen LogP contribution < -0.4 is 5.32 Å². The fourth-order valence-electron chi connectivity index (χ4n) is 0.941. The molecule has 0 saturated heterocycles. The molecule has 1 rings (SSSR count). The van der Waals surface area contributed by atoms with Gasteiger partial charge in [-0.2, -0.15) is 0 Å². The summed E-state index contributed by atoms with van der Waals surface area (Å²) >= 11 is 0. The molecule has 0 heterocycles. The number of benzene rings is 1. The molecule has 14 heavy (non-hydrogen) atoms. The molecule has 1 amide bonds. The van der Waals surface area contributed by atoms with Crippen molar-refractivity contribution in [1.29, 1.82) is 0 Å². The normalized spacial score (nSPS) is 9.64. The number of rotatable bonds is 2. The predicted octanol–water partition coefficient (Wildman–Crippen LogP) is 1.74. The van der Waals surface area contributed by atoms with Gasteiger partial charge >= 0.3 is 0 Å². The molecule has 0 radical (unpaired) electrons. The van der Waals surface area contributed by atoms with E-state index in [1.54, 1.807) is 0 Å². The van der Waals surface area contributed by atoms with Crippen molar-refractivity contribution in [2.24, 2.45) is 0 Å². The van der Waals surface area contributed by atoms with E-state index in [1.165, 1.54) is 6.92 Å². The predicted molar refractivity (Wildman–Crippen MR) is 46.0 cm³/mol. The van der Waals surface area contributed by atoms with E-state index in [9.17, 15) is 18.4 Å². The first-order valence-corrected chi connectivity index (χ1v) is 3.76. The van der Waals surface area contributed by atoms with Crippen LogP contribution >= 0.6 is 0 Å². The average molecular weight is 199 g/mol. The summed E-state index contributed by atoms with van der Waals surface area (Å²) in [6.45, 7) is 1.18. The lowest BCUT2D eigenvalue weighted by atomic mass is 10.2. The van der Waals surface area contributed by atoms with E-state index in [-0.39, 0.29) is 17.5 Å².